The molecule has 0 radical (unpaired) electrons. The fraction of sp³-hybridized carbons (Fsp3) is 0.250. The number of esters is 1. The van der Waals surface area contributed by atoms with Crippen molar-refractivity contribution < 1.29 is 32.3 Å². The van der Waals surface area contributed by atoms with E-state index in [-0.39, 0.29) is 16.6 Å². The van der Waals surface area contributed by atoms with Crippen molar-refractivity contribution in [3.05, 3.63) is 64.6 Å². The minimum absolute atomic E-state index is 0.196. The molecular formula is C20H19ClF3N3O4. The number of nitrogens with zero attached hydrogens (tertiary/aromatic N) is 3. The lowest BCUT2D eigenvalue weighted by molar-refractivity contribution is -0.138. The molecule has 7 nitrogen and oxygen atoms in total. The standard InChI is InChI=1S/C20H19ClF3N3O4/c1-27(17(12-29-2)19(28)30-3)15-6-4-5-13(9-15)7-8-26-31-18-16(21)10-14(11-25-18)20(22,23)24/h4-6,8-12H,7H2,1-3H3. The first-order chi connectivity index (χ1) is 14.7. The van der Waals surface area contributed by atoms with Gasteiger partial charge in [-0.15, -0.1) is 0 Å². The molecule has 0 saturated carbocycles. The van der Waals surface area contributed by atoms with Gasteiger partial charge in [0.05, 0.1) is 19.8 Å². The van der Waals surface area contributed by atoms with Crippen LogP contribution in [0.25, 0.3) is 0 Å². The summed E-state index contributed by atoms with van der Waals surface area (Å²) >= 11 is 5.76. The van der Waals surface area contributed by atoms with Crippen molar-refractivity contribution in [1.29, 1.82) is 0 Å². The Morgan fingerprint density at radius 3 is 2.65 bits per heavy atom. The molecule has 0 aliphatic heterocycles. The predicted molar refractivity (Wildman–Crippen MR) is 109 cm³/mol. The van der Waals surface area contributed by atoms with Gasteiger partial charge in [-0.2, -0.15) is 13.2 Å². The van der Waals surface area contributed by atoms with Crippen LogP contribution in [0.4, 0.5) is 18.9 Å². The average molecular weight is 458 g/mol. The second-order valence-corrected chi connectivity index (χ2v) is 6.46. The Kier molecular flexibility index (Phi) is 8.26. The van der Waals surface area contributed by atoms with Gasteiger partial charge in [0.25, 0.3) is 5.88 Å². The first-order valence-corrected chi connectivity index (χ1v) is 9.10. The molecule has 11 heteroatoms. The van der Waals surface area contributed by atoms with Gasteiger partial charge in [0, 0.05) is 31.6 Å². The van der Waals surface area contributed by atoms with E-state index in [1.54, 1.807) is 24.1 Å². The molecule has 0 fully saturated rings. The Morgan fingerprint density at radius 2 is 2.03 bits per heavy atom. The van der Waals surface area contributed by atoms with Gasteiger partial charge < -0.3 is 19.2 Å². The molecule has 2 rings (SSSR count). The molecule has 1 heterocycles. The highest BCUT2D eigenvalue weighted by atomic mass is 35.5. The van der Waals surface area contributed by atoms with E-state index >= 15 is 0 Å². The highest BCUT2D eigenvalue weighted by molar-refractivity contribution is 6.31. The second kappa shape index (κ2) is 10.7. The summed E-state index contributed by atoms with van der Waals surface area (Å²) in [6.45, 7) is 0. The zero-order valence-corrected chi connectivity index (χ0v) is 17.6. The van der Waals surface area contributed by atoms with Gasteiger partial charge in [0.2, 0.25) is 0 Å². The van der Waals surface area contributed by atoms with Crippen molar-refractivity contribution in [3.63, 3.8) is 0 Å². The van der Waals surface area contributed by atoms with Gasteiger partial charge in [-0.25, -0.2) is 9.78 Å². The summed E-state index contributed by atoms with van der Waals surface area (Å²) in [6.07, 6.45) is -0.928. The second-order valence-electron chi connectivity index (χ2n) is 6.05. The summed E-state index contributed by atoms with van der Waals surface area (Å²) in [4.78, 5) is 22.0. The van der Waals surface area contributed by atoms with Gasteiger partial charge in [0.1, 0.15) is 11.3 Å². The van der Waals surface area contributed by atoms with Crippen molar-refractivity contribution in [2.75, 3.05) is 26.2 Å². The quantitative estimate of drug-likeness (QED) is 0.192. The van der Waals surface area contributed by atoms with Crippen LogP contribution in [0, 0.1) is 0 Å². The summed E-state index contributed by atoms with van der Waals surface area (Å²) in [6, 6.07) is 7.92. The van der Waals surface area contributed by atoms with Crippen LogP contribution >= 0.6 is 11.6 Å². The van der Waals surface area contributed by atoms with Crippen molar-refractivity contribution in [1.82, 2.24) is 4.98 Å². The van der Waals surface area contributed by atoms with E-state index in [9.17, 15) is 18.0 Å². The Hall–Kier alpha value is -3.27. The summed E-state index contributed by atoms with van der Waals surface area (Å²) < 4.78 is 47.6. The molecule has 0 atom stereocenters. The number of halogens is 4. The maximum atomic E-state index is 12.6. The third-order valence-corrected chi connectivity index (χ3v) is 4.23. The molecule has 0 bridgehead atoms. The largest absolute Gasteiger partial charge is 0.502 e. The van der Waals surface area contributed by atoms with E-state index in [4.69, 9.17) is 25.9 Å². The molecule has 0 aliphatic rings. The topological polar surface area (TPSA) is 73.2 Å². The summed E-state index contributed by atoms with van der Waals surface area (Å²) in [5, 5.41) is 3.39. The van der Waals surface area contributed by atoms with Crippen LogP contribution in [-0.2, 0) is 26.9 Å². The maximum Gasteiger partial charge on any atom is 0.417 e. The first-order valence-electron chi connectivity index (χ1n) is 8.73. The molecule has 0 aliphatic carbocycles. The Bertz CT molecular complexity index is 980. The molecule has 0 amide bonds. The van der Waals surface area contributed by atoms with Crippen LogP contribution in [0.2, 0.25) is 5.02 Å². The molecular weight excluding hydrogens is 439 g/mol. The van der Waals surface area contributed by atoms with E-state index in [1.165, 1.54) is 26.7 Å². The minimum Gasteiger partial charge on any atom is -0.502 e. The van der Waals surface area contributed by atoms with Crippen LogP contribution in [0.1, 0.15) is 11.1 Å². The lowest BCUT2D eigenvalue weighted by Crippen LogP contribution is -2.24. The number of methoxy groups -OCH3 is 2. The fourth-order valence-corrected chi connectivity index (χ4v) is 2.59. The molecule has 0 saturated heterocycles. The minimum atomic E-state index is -4.55. The average Bonchev–Trinajstić information content (AvgIpc) is 2.74. The molecule has 2 aromatic rings. The lowest BCUT2D eigenvalue weighted by atomic mass is 10.1. The maximum absolute atomic E-state index is 12.6. The molecule has 0 spiro atoms. The summed E-state index contributed by atoms with van der Waals surface area (Å²) in [7, 11) is 4.36. The number of rotatable bonds is 8. The Labute approximate surface area is 181 Å². The predicted octanol–water partition coefficient (Wildman–Crippen LogP) is 4.46. The van der Waals surface area contributed by atoms with Crippen molar-refractivity contribution in [2.24, 2.45) is 5.16 Å². The molecule has 0 N–H and O–H groups in total. The monoisotopic (exact) mass is 457 g/mol. The number of hydrogen-bond donors (Lipinski definition) is 0. The SMILES string of the molecule is COC=C(C(=O)OC)N(C)c1cccc(CC=NOc2ncc(C(F)(F)F)cc2Cl)c1. The van der Waals surface area contributed by atoms with E-state index < -0.39 is 17.7 Å². The number of ether oxygens (including phenoxy) is 2. The van der Waals surface area contributed by atoms with Crippen molar-refractivity contribution >= 4 is 29.5 Å². The summed E-state index contributed by atoms with van der Waals surface area (Å²) in [5.74, 6) is -0.808. The zero-order chi connectivity index (χ0) is 23.0. The van der Waals surface area contributed by atoms with Gasteiger partial charge >= 0.3 is 12.1 Å². The van der Waals surface area contributed by atoms with Gasteiger partial charge in [-0.1, -0.05) is 28.9 Å². The van der Waals surface area contributed by atoms with Crippen LogP contribution in [0.5, 0.6) is 5.88 Å². The highest BCUT2D eigenvalue weighted by Gasteiger charge is 2.31. The van der Waals surface area contributed by atoms with Crippen LogP contribution < -0.4 is 9.74 Å². The van der Waals surface area contributed by atoms with Crippen molar-refractivity contribution in [2.45, 2.75) is 12.6 Å². The number of pyridine rings is 1. The van der Waals surface area contributed by atoms with Crippen LogP contribution in [-0.4, -0.2) is 38.4 Å². The van der Waals surface area contributed by atoms with Gasteiger partial charge in [-0.3, -0.25) is 0 Å². The van der Waals surface area contributed by atoms with Gasteiger partial charge in [0.15, 0.2) is 5.70 Å². The highest BCUT2D eigenvalue weighted by Crippen LogP contribution is 2.33. The van der Waals surface area contributed by atoms with E-state index in [0.29, 0.717) is 24.4 Å². The number of aromatic nitrogens is 1. The number of anilines is 1. The molecule has 1 aromatic carbocycles. The smallest absolute Gasteiger partial charge is 0.417 e. The number of carbonyl (C=O) groups is 1. The fourth-order valence-electron chi connectivity index (χ4n) is 2.39. The third kappa shape index (κ3) is 6.61. The van der Waals surface area contributed by atoms with E-state index in [2.05, 4.69) is 10.1 Å². The van der Waals surface area contributed by atoms with Crippen molar-refractivity contribution in [3.8, 4) is 5.88 Å². The van der Waals surface area contributed by atoms with E-state index in [1.807, 2.05) is 12.1 Å². The molecule has 1 aromatic heterocycles. The Morgan fingerprint density at radius 1 is 1.29 bits per heavy atom. The third-order valence-electron chi connectivity index (χ3n) is 3.96. The van der Waals surface area contributed by atoms with Crippen LogP contribution in [0.3, 0.4) is 0 Å². The number of likely N-dealkylation sites (N-methyl/N-ethyl adjacent to an activating group) is 1. The van der Waals surface area contributed by atoms with E-state index in [0.717, 1.165) is 5.56 Å². The molecule has 31 heavy (non-hydrogen) atoms. The summed E-state index contributed by atoms with van der Waals surface area (Å²) in [5.41, 5.74) is 0.726. The first kappa shape index (κ1) is 24.0. The van der Waals surface area contributed by atoms with Crippen LogP contribution in [0.15, 0.2) is 53.6 Å². The molecule has 166 valence electrons. The molecule has 0 unspecified atom stereocenters. The van der Waals surface area contributed by atoms with Gasteiger partial charge in [-0.05, 0) is 23.8 Å². The number of oxime groups is 1. The zero-order valence-electron chi connectivity index (χ0n) is 16.8. The number of benzene rings is 1. The number of hydrogen-bond acceptors (Lipinski definition) is 7. The Balaban J connectivity index is 2.06. The normalized spacial score (nSPS) is 12.0. The lowest BCUT2D eigenvalue weighted by Gasteiger charge is -2.21. The number of alkyl halides is 3. The number of carbonyl (C=O) groups excluding carboxylic acids is 1.